The Morgan fingerprint density at radius 2 is 1.50 bits per heavy atom. The van der Waals surface area contributed by atoms with E-state index in [2.05, 4.69) is 37.4 Å². The maximum Gasteiger partial charge on any atom is 0.214 e. The predicted molar refractivity (Wildman–Crippen MR) is 132 cm³/mol. The van der Waals surface area contributed by atoms with Crippen LogP contribution in [0.5, 0.6) is 0 Å². The van der Waals surface area contributed by atoms with Crippen LogP contribution in [0.3, 0.4) is 0 Å². The molecule has 0 radical (unpaired) electrons. The first-order valence-corrected chi connectivity index (χ1v) is 11.3. The quantitative estimate of drug-likeness (QED) is 0.392. The predicted octanol–water partition coefficient (Wildman–Crippen LogP) is 3.93. The summed E-state index contributed by atoms with van der Waals surface area (Å²) in [5.41, 5.74) is 4.96. The summed E-state index contributed by atoms with van der Waals surface area (Å²) in [5, 5.41) is 14.4. The molecule has 1 aliphatic rings. The molecule has 0 spiro atoms. The largest absolute Gasteiger partial charge is 0.309 e. The molecule has 0 unspecified atom stereocenters. The van der Waals surface area contributed by atoms with Crippen molar-refractivity contribution >= 4 is 11.6 Å². The molecule has 2 heterocycles. The molecule has 0 amide bonds. The van der Waals surface area contributed by atoms with Gasteiger partial charge in [-0.15, -0.1) is 10.2 Å². The standard InChI is InChI=1S/C28H18N6O2/c1-2-7-23-29-24-25(27(36)21-10-5-4-9-20(21)26(24)35)34(23)16-17-12-14-18(15-13-17)19-8-3-6-11-22(19)28-30-32-33-31-28/h3-6,8-15H,16H2,1H3,(H,30,31,32,33). The summed E-state index contributed by atoms with van der Waals surface area (Å²) in [5.74, 6) is 6.24. The summed E-state index contributed by atoms with van der Waals surface area (Å²) in [4.78, 5) is 31.0. The number of tetrazole rings is 1. The molecule has 0 saturated carbocycles. The van der Waals surface area contributed by atoms with Crippen LogP contribution in [0, 0.1) is 11.8 Å². The lowest BCUT2D eigenvalue weighted by Crippen LogP contribution is -2.23. The van der Waals surface area contributed by atoms with Crippen LogP contribution in [0.2, 0.25) is 0 Å². The zero-order valence-corrected chi connectivity index (χ0v) is 19.2. The minimum absolute atomic E-state index is 0.155. The van der Waals surface area contributed by atoms with Crippen molar-refractivity contribution in [3.63, 3.8) is 0 Å². The number of fused-ring (bicyclic) bond motifs is 2. The maximum absolute atomic E-state index is 13.4. The van der Waals surface area contributed by atoms with Crippen LogP contribution in [-0.4, -0.2) is 41.7 Å². The zero-order chi connectivity index (χ0) is 24.6. The summed E-state index contributed by atoms with van der Waals surface area (Å²) < 4.78 is 1.74. The third-order valence-electron chi connectivity index (χ3n) is 6.17. The van der Waals surface area contributed by atoms with Crippen molar-refractivity contribution in [2.45, 2.75) is 13.5 Å². The molecule has 2 aromatic heterocycles. The number of benzene rings is 3. The van der Waals surface area contributed by atoms with Crippen LogP contribution in [-0.2, 0) is 6.54 Å². The summed E-state index contributed by atoms with van der Waals surface area (Å²) in [6.07, 6.45) is 0. The van der Waals surface area contributed by atoms with Gasteiger partial charge >= 0.3 is 0 Å². The number of hydrogen-bond acceptors (Lipinski definition) is 6. The number of ketones is 2. The molecule has 3 aromatic carbocycles. The number of carbonyl (C=O) groups excluding carboxylic acids is 2. The number of hydrogen-bond donors (Lipinski definition) is 1. The van der Waals surface area contributed by atoms with Gasteiger partial charge in [-0.25, -0.2) is 4.98 Å². The molecule has 172 valence electrons. The summed E-state index contributed by atoms with van der Waals surface area (Å²) in [7, 11) is 0. The second-order valence-electron chi connectivity index (χ2n) is 8.28. The molecule has 1 aliphatic carbocycles. The Morgan fingerprint density at radius 1 is 0.833 bits per heavy atom. The van der Waals surface area contributed by atoms with Crippen molar-refractivity contribution in [3.05, 3.63) is 107 Å². The second-order valence-corrected chi connectivity index (χ2v) is 8.28. The highest BCUT2D eigenvalue weighted by molar-refractivity contribution is 6.27. The number of aromatic nitrogens is 6. The number of nitrogens with zero attached hydrogens (tertiary/aromatic N) is 5. The number of imidazole rings is 1. The van der Waals surface area contributed by atoms with Crippen LogP contribution < -0.4 is 0 Å². The number of H-pyrrole nitrogens is 1. The first-order chi connectivity index (χ1) is 17.7. The third-order valence-corrected chi connectivity index (χ3v) is 6.17. The minimum atomic E-state index is -0.258. The monoisotopic (exact) mass is 470 g/mol. The fourth-order valence-corrected chi connectivity index (χ4v) is 4.51. The molecule has 0 atom stereocenters. The van der Waals surface area contributed by atoms with Crippen molar-refractivity contribution in [3.8, 4) is 34.4 Å². The van der Waals surface area contributed by atoms with Crippen LogP contribution in [0.1, 0.15) is 50.4 Å². The Hall–Kier alpha value is -5.16. The van der Waals surface area contributed by atoms with Crippen LogP contribution in [0.4, 0.5) is 0 Å². The Bertz CT molecular complexity index is 1700. The Morgan fingerprint density at radius 3 is 2.17 bits per heavy atom. The number of nitrogens with one attached hydrogen (secondary N) is 1. The van der Waals surface area contributed by atoms with E-state index < -0.39 is 0 Å². The minimum Gasteiger partial charge on any atom is -0.309 e. The van der Waals surface area contributed by atoms with Crippen molar-refractivity contribution < 1.29 is 9.59 Å². The fraction of sp³-hybridized carbons (Fsp3) is 0.0714. The van der Waals surface area contributed by atoms with E-state index in [0.29, 0.717) is 29.3 Å². The van der Waals surface area contributed by atoms with E-state index in [1.54, 1.807) is 35.8 Å². The maximum atomic E-state index is 13.4. The lowest BCUT2D eigenvalue weighted by molar-refractivity contribution is 0.0971. The lowest BCUT2D eigenvalue weighted by Gasteiger charge is -2.16. The Labute approximate surface area is 206 Å². The van der Waals surface area contributed by atoms with Crippen molar-refractivity contribution in [1.29, 1.82) is 0 Å². The van der Waals surface area contributed by atoms with Gasteiger partial charge in [-0.2, -0.15) is 5.21 Å². The van der Waals surface area contributed by atoms with Crippen LogP contribution in [0.15, 0.2) is 72.8 Å². The molecule has 0 aliphatic heterocycles. The Kier molecular flexibility index (Phi) is 5.08. The van der Waals surface area contributed by atoms with Crippen LogP contribution >= 0.6 is 0 Å². The van der Waals surface area contributed by atoms with Gasteiger partial charge in [0.25, 0.3) is 0 Å². The molecule has 5 aromatic rings. The second kappa shape index (κ2) is 8.56. The van der Waals surface area contributed by atoms with Gasteiger partial charge in [0.05, 0.1) is 6.54 Å². The highest BCUT2D eigenvalue weighted by Gasteiger charge is 2.35. The zero-order valence-electron chi connectivity index (χ0n) is 19.2. The molecule has 6 rings (SSSR count). The highest BCUT2D eigenvalue weighted by atomic mass is 16.1. The van der Waals surface area contributed by atoms with E-state index in [0.717, 1.165) is 22.3 Å². The van der Waals surface area contributed by atoms with E-state index in [9.17, 15) is 9.59 Å². The average Bonchev–Trinajstić information content (AvgIpc) is 3.57. The van der Waals surface area contributed by atoms with Crippen LogP contribution in [0.25, 0.3) is 22.5 Å². The molecule has 0 fully saturated rings. The molecule has 0 saturated heterocycles. The van der Waals surface area contributed by atoms with E-state index in [1.807, 2.05) is 48.5 Å². The van der Waals surface area contributed by atoms with E-state index in [4.69, 9.17) is 0 Å². The average molecular weight is 470 g/mol. The highest BCUT2D eigenvalue weighted by Crippen LogP contribution is 2.31. The van der Waals surface area contributed by atoms with Gasteiger partial charge in [-0.1, -0.05) is 78.7 Å². The third kappa shape index (κ3) is 3.42. The molecule has 1 N–H and O–H groups in total. The summed E-state index contributed by atoms with van der Waals surface area (Å²) >= 11 is 0. The van der Waals surface area contributed by atoms with Gasteiger partial charge < -0.3 is 4.57 Å². The van der Waals surface area contributed by atoms with Gasteiger partial charge in [0.1, 0.15) is 11.4 Å². The normalized spacial score (nSPS) is 12.0. The molecular weight excluding hydrogens is 452 g/mol. The topological polar surface area (TPSA) is 106 Å². The summed E-state index contributed by atoms with van der Waals surface area (Å²) in [6.45, 7) is 2.05. The molecular formula is C28H18N6O2. The van der Waals surface area contributed by atoms with Crippen molar-refractivity contribution in [1.82, 2.24) is 30.2 Å². The van der Waals surface area contributed by atoms with Gasteiger partial charge in [0.15, 0.2) is 5.82 Å². The van der Waals surface area contributed by atoms with Gasteiger partial charge in [-0.05, 0) is 34.7 Å². The van der Waals surface area contributed by atoms with Gasteiger partial charge in [0.2, 0.25) is 17.4 Å². The number of aromatic amines is 1. The molecule has 0 bridgehead atoms. The molecule has 8 nitrogen and oxygen atoms in total. The smallest absolute Gasteiger partial charge is 0.214 e. The fourth-order valence-electron chi connectivity index (χ4n) is 4.51. The van der Waals surface area contributed by atoms with Crippen molar-refractivity contribution in [2.24, 2.45) is 0 Å². The Balaban J connectivity index is 1.39. The first kappa shape index (κ1) is 21.4. The van der Waals surface area contributed by atoms with E-state index in [1.165, 1.54) is 0 Å². The number of rotatable bonds is 4. The molecule has 36 heavy (non-hydrogen) atoms. The number of carbonyl (C=O) groups is 2. The SMILES string of the molecule is CC#Cc1nc2c(n1Cc1ccc(-c3ccccc3-c3nn[nH]n3)cc1)C(=O)c1ccccc1C2=O. The van der Waals surface area contributed by atoms with E-state index in [-0.39, 0.29) is 23.0 Å². The van der Waals surface area contributed by atoms with Gasteiger partial charge in [-0.3, -0.25) is 9.59 Å². The lowest BCUT2D eigenvalue weighted by atomic mass is 9.90. The van der Waals surface area contributed by atoms with Crippen molar-refractivity contribution in [2.75, 3.05) is 0 Å². The van der Waals surface area contributed by atoms with Gasteiger partial charge in [0, 0.05) is 16.7 Å². The molecule has 8 heteroatoms. The van der Waals surface area contributed by atoms with E-state index >= 15 is 0 Å². The summed E-state index contributed by atoms with van der Waals surface area (Å²) in [6, 6.07) is 22.7. The first-order valence-electron chi connectivity index (χ1n) is 11.3.